The molecule has 0 aliphatic rings. The molecule has 1 aromatic heterocycles. The summed E-state index contributed by atoms with van der Waals surface area (Å²) in [5, 5.41) is 0.415. The van der Waals surface area contributed by atoms with E-state index in [4.69, 9.17) is 18.6 Å². The number of hydrogen-bond acceptors (Lipinski definition) is 5. The SMILES string of the molecule is CC(C)Oc1ccc(-c2cc(=O)c3c(OC(C)C)cc(OC(C)C)cc3o2)cc1. The first kappa shape index (κ1) is 20.8. The van der Waals surface area contributed by atoms with Gasteiger partial charge in [0.1, 0.15) is 34.0 Å². The van der Waals surface area contributed by atoms with Gasteiger partial charge in [0.15, 0.2) is 5.43 Å². The molecule has 5 heteroatoms. The maximum absolute atomic E-state index is 12.9. The Labute approximate surface area is 171 Å². The van der Waals surface area contributed by atoms with Crippen LogP contribution in [0.25, 0.3) is 22.3 Å². The zero-order valence-corrected chi connectivity index (χ0v) is 17.8. The quantitative estimate of drug-likeness (QED) is 0.503. The first-order valence-corrected chi connectivity index (χ1v) is 9.95. The van der Waals surface area contributed by atoms with Gasteiger partial charge in [-0.05, 0) is 65.8 Å². The minimum Gasteiger partial charge on any atom is -0.491 e. The molecule has 0 N–H and O–H groups in total. The molecular weight excluding hydrogens is 368 g/mol. The summed E-state index contributed by atoms with van der Waals surface area (Å²) < 4.78 is 23.5. The van der Waals surface area contributed by atoms with Crippen LogP contribution in [-0.2, 0) is 0 Å². The lowest BCUT2D eigenvalue weighted by atomic mass is 10.1. The van der Waals surface area contributed by atoms with Gasteiger partial charge in [-0.3, -0.25) is 4.79 Å². The van der Waals surface area contributed by atoms with Crippen LogP contribution in [-0.4, -0.2) is 18.3 Å². The maximum atomic E-state index is 12.9. The van der Waals surface area contributed by atoms with Crippen LogP contribution in [0, 0.1) is 0 Å². The van der Waals surface area contributed by atoms with Crippen LogP contribution >= 0.6 is 0 Å². The highest BCUT2D eigenvalue weighted by atomic mass is 16.5. The van der Waals surface area contributed by atoms with Gasteiger partial charge in [0, 0.05) is 23.8 Å². The van der Waals surface area contributed by atoms with Gasteiger partial charge < -0.3 is 18.6 Å². The number of benzene rings is 2. The standard InChI is InChI=1S/C24H28O5/c1-14(2)26-18-9-7-17(8-10-18)21-13-20(25)24-22(28-16(5)6)11-19(27-15(3)4)12-23(24)29-21/h7-16H,1-6H3. The Bertz CT molecular complexity index is 1030. The van der Waals surface area contributed by atoms with Gasteiger partial charge in [-0.2, -0.15) is 0 Å². The lowest BCUT2D eigenvalue weighted by molar-refractivity contribution is 0.231. The highest BCUT2D eigenvalue weighted by Crippen LogP contribution is 2.33. The molecule has 0 fully saturated rings. The van der Waals surface area contributed by atoms with Crippen LogP contribution in [0.2, 0.25) is 0 Å². The average molecular weight is 396 g/mol. The third-order valence-electron chi connectivity index (χ3n) is 4.01. The van der Waals surface area contributed by atoms with Crippen molar-refractivity contribution in [3.05, 3.63) is 52.7 Å². The van der Waals surface area contributed by atoms with Crippen molar-refractivity contribution < 1.29 is 18.6 Å². The summed E-state index contributed by atoms with van der Waals surface area (Å²) in [6, 6.07) is 12.5. The van der Waals surface area contributed by atoms with Crippen LogP contribution in [0.4, 0.5) is 0 Å². The molecule has 154 valence electrons. The van der Waals surface area contributed by atoms with Crippen molar-refractivity contribution in [2.45, 2.75) is 59.9 Å². The monoisotopic (exact) mass is 396 g/mol. The molecular formula is C24H28O5. The van der Waals surface area contributed by atoms with Crippen molar-refractivity contribution in [1.29, 1.82) is 0 Å². The van der Waals surface area contributed by atoms with E-state index in [0.717, 1.165) is 11.3 Å². The average Bonchev–Trinajstić information content (AvgIpc) is 2.60. The third-order valence-corrected chi connectivity index (χ3v) is 4.01. The predicted molar refractivity (Wildman–Crippen MR) is 115 cm³/mol. The van der Waals surface area contributed by atoms with Crippen LogP contribution in [0.15, 0.2) is 51.7 Å². The first-order valence-electron chi connectivity index (χ1n) is 9.95. The fraction of sp³-hybridized carbons (Fsp3) is 0.375. The molecule has 0 radical (unpaired) electrons. The molecule has 29 heavy (non-hydrogen) atoms. The van der Waals surface area contributed by atoms with Gasteiger partial charge in [-0.15, -0.1) is 0 Å². The van der Waals surface area contributed by atoms with Crippen molar-refractivity contribution in [3.8, 4) is 28.6 Å². The zero-order chi connectivity index (χ0) is 21.1. The molecule has 3 rings (SSSR count). The molecule has 0 saturated heterocycles. The van der Waals surface area contributed by atoms with E-state index in [1.165, 1.54) is 6.07 Å². The maximum Gasteiger partial charge on any atom is 0.197 e. The summed E-state index contributed by atoms with van der Waals surface area (Å²) in [6.07, 6.45) is 0.000965. The Balaban J connectivity index is 2.10. The van der Waals surface area contributed by atoms with Crippen LogP contribution in [0.3, 0.4) is 0 Å². The minimum absolute atomic E-state index is 0.0113. The second-order valence-corrected chi connectivity index (χ2v) is 7.79. The summed E-state index contributed by atoms with van der Waals surface area (Å²) >= 11 is 0. The number of rotatable bonds is 7. The molecule has 0 aliphatic heterocycles. The van der Waals surface area contributed by atoms with Gasteiger partial charge in [-0.25, -0.2) is 0 Å². The van der Waals surface area contributed by atoms with Crippen molar-refractivity contribution in [2.24, 2.45) is 0 Å². The summed E-state index contributed by atoms with van der Waals surface area (Å²) in [7, 11) is 0. The van der Waals surface area contributed by atoms with Gasteiger partial charge in [0.25, 0.3) is 0 Å². The number of ether oxygens (including phenoxy) is 3. The van der Waals surface area contributed by atoms with E-state index in [2.05, 4.69) is 0 Å². The smallest absolute Gasteiger partial charge is 0.197 e. The van der Waals surface area contributed by atoms with Gasteiger partial charge >= 0.3 is 0 Å². The van der Waals surface area contributed by atoms with E-state index in [1.54, 1.807) is 12.1 Å². The molecule has 0 saturated carbocycles. The van der Waals surface area contributed by atoms with Crippen molar-refractivity contribution in [2.75, 3.05) is 0 Å². The topological polar surface area (TPSA) is 57.9 Å². The number of fused-ring (bicyclic) bond motifs is 1. The molecule has 0 atom stereocenters. The molecule has 0 amide bonds. The zero-order valence-electron chi connectivity index (χ0n) is 17.8. The van der Waals surface area contributed by atoms with Crippen molar-refractivity contribution in [1.82, 2.24) is 0 Å². The normalized spacial score (nSPS) is 11.5. The van der Waals surface area contributed by atoms with Crippen molar-refractivity contribution >= 4 is 11.0 Å². The van der Waals surface area contributed by atoms with Gasteiger partial charge in [0.05, 0.1) is 18.3 Å². The van der Waals surface area contributed by atoms with Crippen molar-refractivity contribution in [3.63, 3.8) is 0 Å². The third kappa shape index (κ3) is 5.11. The van der Waals surface area contributed by atoms with Gasteiger partial charge in [0.2, 0.25) is 0 Å². The van der Waals surface area contributed by atoms with E-state index in [9.17, 15) is 4.79 Å². The van der Waals surface area contributed by atoms with E-state index in [-0.39, 0.29) is 23.7 Å². The minimum atomic E-state index is -0.157. The molecule has 1 heterocycles. The Kier molecular flexibility index (Phi) is 6.16. The summed E-state index contributed by atoms with van der Waals surface area (Å²) in [4.78, 5) is 12.9. The lowest BCUT2D eigenvalue weighted by Crippen LogP contribution is -2.11. The largest absolute Gasteiger partial charge is 0.491 e. The summed E-state index contributed by atoms with van der Waals surface area (Å²) in [6.45, 7) is 11.7. The highest BCUT2D eigenvalue weighted by molar-refractivity contribution is 5.86. The lowest BCUT2D eigenvalue weighted by Gasteiger charge is -2.16. The summed E-state index contributed by atoms with van der Waals surface area (Å²) in [5.74, 6) is 2.32. The molecule has 3 aromatic rings. The Morgan fingerprint density at radius 1 is 0.724 bits per heavy atom. The Hall–Kier alpha value is -2.95. The number of hydrogen-bond donors (Lipinski definition) is 0. The molecule has 2 aromatic carbocycles. The Morgan fingerprint density at radius 3 is 1.90 bits per heavy atom. The first-order chi connectivity index (χ1) is 13.7. The highest BCUT2D eigenvalue weighted by Gasteiger charge is 2.16. The molecule has 0 unspecified atom stereocenters. The second-order valence-electron chi connectivity index (χ2n) is 7.79. The Morgan fingerprint density at radius 2 is 1.31 bits per heavy atom. The molecule has 0 bridgehead atoms. The summed E-state index contributed by atoms with van der Waals surface area (Å²) in [5.41, 5.74) is 1.07. The van der Waals surface area contributed by atoms with E-state index in [0.29, 0.717) is 28.2 Å². The second kappa shape index (κ2) is 8.60. The van der Waals surface area contributed by atoms with E-state index < -0.39 is 0 Å². The fourth-order valence-corrected chi connectivity index (χ4v) is 3.03. The van der Waals surface area contributed by atoms with Crippen LogP contribution in [0.1, 0.15) is 41.5 Å². The van der Waals surface area contributed by atoms with E-state index in [1.807, 2.05) is 65.8 Å². The predicted octanol–water partition coefficient (Wildman–Crippen LogP) is 5.82. The fourth-order valence-electron chi connectivity index (χ4n) is 3.03. The van der Waals surface area contributed by atoms with Gasteiger partial charge in [-0.1, -0.05) is 0 Å². The van der Waals surface area contributed by atoms with Crippen LogP contribution in [0.5, 0.6) is 17.2 Å². The molecule has 5 nitrogen and oxygen atoms in total. The van der Waals surface area contributed by atoms with E-state index >= 15 is 0 Å². The molecule has 0 spiro atoms. The molecule has 0 aliphatic carbocycles. The van der Waals surface area contributed by atoms with Crippen LogP contribution < -0.4 is 19.6 Å².